The predicted octanol–water partition coefficient (Wildman–Crippen LogP) is 3.30. The van der Waals surface area contributed by atoms with E-state index in [4.69, 9.17) is 0 Å². The number of rotatable bonds is 5. The summed E-state index contributed by atoms with van der Waals surface area (Å²) in [5.74, 6) is 0. The van der Waals surface area contributed by atoms with Crippen molar-refractivity contribution in [3.05, 3.63) is 16.1 Å². The number of hydrogen-bond donors (Lipinski definition) is 0. The van der Waals surface area contributed by atoms with Gasteiger partial charge in [-0.3, -0.25) is 0 Å². The molecule has 0 atom stereocenters. The largest absolute Gasteiger partial charge is 0.301 e. The zero-order chi connectivity index (χ0) is 11.5. The molecule has 0 amide bonds. The Morgan fingerprint density at radius 1 is 1.53 bits per heavy atom. The zero-order valence-corrected chi connectivity index (χ0v) is 12.3. The molecule has 0 saturated carbocycles. The predicted molar refractivity (Wildman–Crippen MR) is 70.8 cm³/mol. The van der Waals surface area contributed by atoms with E-state index in [9.17, 15) is 0 Å². The van der Waals surface area contributed by atoms with Gasteiger partial charge in [-0.2, -0.15) is 0 Å². The molecule has 86 valence electrons. The Kier molecular flexibility index (Phi) is 4.74. The summed E-state index contributed by atoms with van der Waals surface area (Å²) in [5.41, 5.74) is 3.42. The van der Waals surface area contributed by atoms with Crippen molar-refractivity contribution in [1.29, 1.82) is 0 Å². The van der Waals surface area contributed by atoms with Gasteiger partial charge in [0, 0.05) is 23.3 Å². The van der Waals surface area contributed by atoms with E-state index in [1.807, 2.05) is 5.51 Å². The summed E-state index contributed by atoms with van der Waals surface area (Å²) in [7, 11) is 2.17. The van der Waals surface area contributed by atoms with Crippen LogP contribution in [0.1, 0.15) is 24.4 Å². The fraction of sp³-hybridized carbons (Fsp3) is 0.727. The van der Waals surface area contributed by atoms with E-state index in [1.54, 1.807) is 11.3 Å². The Morgan fingerprint density at radius 2 is 2.20 bits per heavy atom. The second kappa shape index (κ2) is 5.41. The lowest BCUT2D eigenvalue weighted by Gasteiger charge is -2.28. The molecule has 2 nitrogen and oxygen atoms in total. The fourth-order valence-corrected chi connectivity index (χ4v) is 2.59. The van der Waals surface area contributed by atoms with E-state index >= 15 is 0 Å². The first-order valence-electron chi connectivity index (χ1n) is 5.08. The average Bonchev–Trinajstić information content (AvgIpc) is 2.51. The normalized spacial score (nSPS) is 12.4. The van der Waals surface area contributed by atoms with E-state index in [1.165, 1.54) is 10.6 Å². The molecule has 0 bridgehead atoms. The highest BCUT2D eigenvalue weighted by Gasteiger charge is 2.19. The number of nitrogens with zero attached hydrogens (tertiary/aromatic N) is 2. The fourth-order valence-electron chi connectivity index (χ4n) is 1.55. The molecule has 1 aromatic rings. The highest BCUT2D eigenvalue weighted by atomic mass is 79.9. The van der Waals surface area contributed by atoms with Crippen LogP contribution in [-0.2, 0) is 6.54 Å². The first-order valence-corrected chi connectivity index (χ1v) is 7.08. The van der Waals surface area contributed by atoms with Crippen LogP contribution in [0.2, 0.25) is 0 Å². The number of hydrogen-bond acceptors (Lipinski definition) is 3. The maximum atomic E-state index is 4.27. The third-order valence-corrected chi connectivity index (χ3v) is 4.76. The van der Waals surface area contributed by atoms with Crippen LogP contribution in [0.4, 0.5) is 0 Å². The molecule has 15 heavy (non-hydrogen) atoms. The quantitative estimate of drug-likeness (QED) is 0.774. The van der Waals surface area contributed by atoms with Gasteiger partial charge in [0.2, 0.25) is 0 Å². The highest BCUT2D eigenvalue weighted by molar-refractivity contribution is 9.09. The van der Waals surface area contributed by atoms with Crippen LogP contribution in [0, 0.1) is 12.3 Å². The van der Waals surface area contributed by atoms with Crippen molar-refractivity contribution >= 4 is 27.3 Å². The lowest BCUT2D eigenvalue weighted by atomic mass is 9.96. The monoisotopic (exact) mass is 290 g/mol. The summed E-state index contributed by atoms with van der Waals surface area (Å²) in [6.45, 7) is 8.73. The van der Waals surface area contributed by atoms with Gasteiger partial charge >= 0.3 is 0 Å². The van der Waals surface area contributed by atoms with Gasteiger partial charge < -0.3 is 4.90 Å². The molecular weight excluding hydrogens is 272 g/mol. The molecule has 0 aliphatic heterocycles. The Morgan fingerprint density at radius 3 is 2.67 bits per heavy atom. The van der Waals surface area contributed by atoms with Crippen LogP contribution in [0.5, 0.6) is 0 Å². The molecule has 0 spiro atoms. The molecule has 0 aliphatic carbocycles. The Hall–Kier alpha value is 0.0700. The molecule has 0 radical (unpaired) electrons. The third-order valence-electron chi connectivity index (χ3n) is 2.32. The zero-order valence-electron chi connectivity index (χ0n) is 9.88. The van der Waals surface area contributed by atoms with E-state index < -0.39 is 0 Å². The molecule has 0 aromatic carbocycles. The minimum absolute atomic E-state index is 0.327. The van der Waals surface area contributed by atoms with Crippen LogP contribution in [-0.4, -0.2) is 28.8 Å². The first kappa shape index (κ1) is 13.1. The lowest BCUT2D eigenvalue weighted by molar-refractivity contribution is 0.227. The summed E-state index contributed by atoms with van der Waals surface area (Å²) in [6, 6.07) is 0. The molecule has 1 aromatic heterocycles. The molecule has 0 fully saturated rings. The summed E-state index contributed by atoms with van der Waals surface area (Å²) < 4.78 is 0. The number of aromatic nitrogens is 1. The Bertz CT molecular complexity index is 309. The molecule has 1 rings (SSSR count). The number of thiazole rings is 1. The summed E-state index contributed by atoms with van der Waals surface area (Å²) >= 11 is 5.30. The second-order valence-corrected chi connectivity index (χ2v) is 6.33. The minimum Gasteiger partial charge on any atom is -0.301 e. The molecule has 4 heteroatoms. The van der Waals surface area contributed by atoms with Crippen LogP contribution >= 0.6 is 27.3 Å². The summed E-state index contributed by atoms with van der Waals surface area (Å²) in [6.07, 6.45) is 0. The van der Waals surface area contributed by atoms with E-state index in [-0.39, 0.29) is 0 Å². The van der Waals surface area contributed by atoms with Crippen molar-refractivity contribution in [2.75, 3.05) is 18.9 Å². The first-order chi connectivity index (χ1) is 6.94. The highest BCUT2D eigenvalue weighted by Crippen LogP contribution is 2.21. The van der Waals surface area contributed by atoms with E-state index in [0.717, 1.165) is 18.4 Å². The van der Waals surface area contributed by atoms with Crippen molar-refractivity contribution in [3.8, 4) is 0 Å². The molecule has 0 N–H and O–H groups in total. The Labute approximate surface area is 105 Å². The second-order valence-electron chi connectivity index (χ2n) is 4.83. The van der Waals surface area contributed by atoms with Crippen LogP contribution in [0.25, 0.3) is 0 Å². The molecule has 0 saturated heterocycles. The smallest absolute Gasteiger partial charge is 0.0798 e. The van der Waals surface area contributed by atoms with E-state index in [0.29, 0.717) is 5.41 Å². The maximum Gasteiger partial charge on any atom is 0.0798 e. The molecule has 0 aliphatic rings. The summed E-state index contributed by atoms with van der Waals surface area (Å²) in [5, 5.41) is 1.03. The Balaban J connectivity index is 2.50. The van der Waals surface area contributed by atoms with Gasteiger partial charge in [0.1, 0.15) is 0 Å². The van der Waals surface area contributed by atoms with Gasteiger partial charge in [-0.25, -0.2) is 4.98 Å². The van der Waals surface area contributed by atoms with E-state index in [2.05, 4.69) is 53.6 Å². The maximum absolute atomic E-state index is 4.27. The SMILES string of the molecule is Cc1ncsc1CN(C)CC(C)(C)CBr. The van der Waals surface area contributed by atoms with Gasteiger partial charge in [-0.15, -0.1) is 11.3 Å². The van der Waals surface area contributed by atoms with Crippen molar-refractivity contribution in [1.82, 2.24) is 9.88 Å². The van der Waals surface area contributed by atoms with Crippen LogP contribution in [0.3, 0.4) is 0 Å². The van der Waals surface area contributed by atoms with Crippen LogP contribution < -0.4 is 0 Å². The van der Waals surface area contributed by atoms with Gasteiger partial charge in [0.15, 0.2) is 0 Å². The summed E-state index contributed by atoms with van der Waals surface area (Å²) in [4.78, 5) is 8.01. The van der Waals surface area contributed by atoms with Crippen molar-refractivity contribution in [2.24, 2.45) is 5.41 Å². The van der Waals surface area contributed by atoms with Crippen molar-refractivity contribution < 1.29 is 0 Å². The minimum atomic E-state index is 0.327. The number of alkyl halides is 1. The average molecular weight is 291 g/mol. The third kappa shape index (κ3) is 4.21. The number of halogens is 1. The number of aryl methyl sites for hydroxylation is 1. The van der Waals surface area contributed by atoms with Gasteiger partial charge in [-0.1, -0.05) is 29.8 Å². The van der Waals surface area contributed by atoms with Gasteiger partial charge in [-0.05, 0) is 19.4 Å². The van der Waals surface area contributed by atoms with Crippen LogP contribution in [0.15, 0.2) is 5.51 Å². The molecule has 0 unspecified atom stereocenters. The van der Waals surface area contributed by atoms with Crippen molar-refractivity contribution in [3.63, 3.8) is 0 Å². The lowest BCUT2D eigenvalue weighted by Crippen LogP contribution is -2.32. The topological polar surface area (TPSA) is 16.1 Å². The molecular formula is C11H19BrN2S. The van der Waals surface area contributed by atoms with Gasteiger partial charge in [0.25, 0.3) is 0 Å². The standard InChI is InChI=1S/C11H19BrN2S/c1-9-10(15-8-13-9)5-14(4)7-11(2,3)6-12/h8H,5-7H2,1-4H3. The van der Waals surface area contributed by atoms with Crippen molar-refractivity contribution in [2.45, 2.75) is 27.3 Å². The molecule has 1 heterocycles. The van der Waals surface area contributed by atoms with Gasteiger partial charge in [0.05, 0.1) is 11.2 Å².